The van der Waals surface area contributed by atoms with Crippen LogP contribution < -0.4 is 4.72 Å². The Hall–Kier alpha value is -0.700. The van der Waals surface area contributed by atoms with E-state index in [0.29, 0.717) is 11.3 Å². The van der Waals surface area contributed by atoms with Crippen molar-refractivity contribution in [1.29, 1.82) is 0 Å². The number of halogens is 1. The average molecular weight is 341 g/mol. The van der Waals surface area contributed by atoms with Gasteiger partial charge in [-0.15, -0.1) is 11.3 Å². The third kappa shape index (κ3) is 3.91. The number of hydrogen-bond acceptors (Lipinski definition) is 5. The summed E-state index contributed by atoms with van der Waals surface area (Å²) in [4.78, 5) is 10.0. The molecule has 1 N–H and O–H groups in total. The fourth-order valence-electron chi connectivity index (χ4n) is 1.99. The molecule has 9 heteroatoms. The highest BCUT2D eigenvalue weighted by atomic mass is 35.5. The van der Waals surface area contributed by atoms with Crippen molar-refractivity contribution in [1.82, 2.24) is 4.72 Å². The molecule has 0 amide bonds. The highest BCUT2D eigenvalue weighted by Crippen LogP contribution is 2.36. The number of rotatable bonds is 7. The second-order valence-electron chi connectivity index (χ2n) is 4.47. The van der Waals surface area contributed by atoms with Gasteiger partial charge in [0, 0.05) is 12.1 Å². The average Bonchev–Trinajstić information content (AvgIpc) is 2.73. The Morgan fingerprint density at radius 1 is 1.45 bits per heavy atom. The van der Waals surface area contributed by atoms with E-state index in [1.807, 2.05) is 13.8 Å². The van der Waals surface area contributed by atoms with Crippen LogP contribution in [0.1, 0.15) is 33.6 Å². The van der Waals surface area contributed by atoms with Gasteiger partial charge in [-0.3, -0.25) is 10.1 Å². The normalized spacial score (nSPS) is 13.7. The molecule has 1 unspecified atom stereocenters. The monoisotopic (exact) mass is 340 g/mol. The number of sulfonamides is 1. The molecule has 1 aromatic heterocycles. The maximum Gasteiger partial charge on any atom is 0.300 e. The molecule has 20 heavy (non-hydrogen) atoms. The topological polar surface area (TPSA) is 89.3 Å². The molecule has 0 radical (unpaired) electrons. The second-order valence-corrected chi connectivity index (χ2v) is 8.06. The van der Waals surface area contributed by atoms with Crippen molar-refractivity contribution in [3.8, 4) is 0 Å². The number of hydrogen-bond donors (Lipinski definition) is 1. The standard InChI is InChI=1S/C11H17ClN2O4S2/c1-4-8(5-2)7(3)13-20(17,18)10-6-9(14(15)16)11(12)19-10/h6-8,13H,4-5H2,1-3H3. The predicted molar refractivity (Wildman–Crippen MR) is 79.8 cm³/mol. The van der Waals surface area contributed by atoms with Crippen molar-refractivity contribution in [2.24, 2.45) is 5.92 Å². The van der Waals surface area contributed by atoms with E-state index in [2.05, 4.69) is 4.72 Å². The molecule has 1 atom stereocenters. The van der Waals surface area contributed by atoms with Crippen LogP contribution in [0.5, 0.6) is 0 Å². The summed E-state index contributed by atoms with van der Waals surface area (Å²) in [6, 6.07) is 0.754. The molecule has 0 aromatic carbocycles. The van der Waals surface area contributed by atoms with Crippen LogP contribution in [-0.2, 0) is 10.0 Å². The largest absolute Gasteiger partial charge is 0.300 e. The van der Waals surface area contributed by atoms with Gasteiger partial charge in [0.05, 0.1) is 4.92 Å². The maximum absolute atomic E-state index is 12.2. The first kappa shape index (κ1) is 17.4. The summed E-state index contributed by atoms with van der Waals surface area (Å²) in [5.74, 6) is 0.218. The van der Waals surface area contributed by atoms with E-state index in [4.69, 9.17) is 11.6 Å². The van der Waals surface area contributed by atoms with Crippen molar-refractivity contribution in [2.45, 2.75) is 43.9 Å². The van der Waals surface area contributed by atoms with Gasteiger partial charge in [0.2, 0.25) is 0 Å². The highest BCUT2D eigenvalue weighted by Gasteiger charge is 2.27. The third-order valence-corrected chi connectivity index (χ3v) is 6.57. The number of thiophene rings is 1. The molecule has 1 rings (SSSR count). The lowest BCUT2D eigenvalue weighted by Gasteiger charge is -2.21. The fraction of sp³-hybridized carbons (Fsp3) is 0.636. The zero-order valence-electron chi connectivity index (χ0n) is 11.4. The first-order valence-corrected chi connectivity index (χ1v) is 8.86. The minimum atomic E-state index is -3.78. The zero-order chi connectivity index (χ0) is 15.5. The molecule has 0 saturated carbocycles. The first-order valence-electron chi connectivity index (χ1n) is 6.18. The molecular formula is C11H17ClN2O4S2. The van der Waals surface area contributed by atoms with Gasteiger partial charge in [0.1, 0.15) is 4.21 Å². The van der Waals surface area contributed by atoms with Gasteiger partial charge in [-0.2, -0.15) is 0 Å². The van der Waals surface area contributed by atoms with Gasteiger partial charge in [0.25, 0.3) is 15.7 Å². The van der Waals surface area contributed by atoms with E-state index in [-0.39, 0.29) is 26.2 Å². The quantitative estimate of drug-likeness (QED) is 0.608. The van der Waals surface area contributed by atoms with Crippen molar-refractivity contribution in [3.05, 3.63) is 20.5 Å². The molecule has 1 aromatic rings. The van der Waals surface area contributed by atoms with Crippen LogP contribution in [0.3, 0.4) is 0 Å². The number of nitro groups is 1. The molecule has 0 fully saturated rings. The Kier molecular flexibility index (Phi) is 5.93. The Balaban J connectivity index is 3.00. The molecule has 0 saturated heterocycles. The summed E-state index contributed by atoms with van der Waals surface area (Å²) in [6.45, 7) is 5.77. The van der Waals surface area contributed by atoms with Gasteiger partial charge < -0.3 is 0 Å². The Morgan fingerprint density at radius 3 is 2.40 bits per heavy atom. The summed E-state index contributed by atoms with van der Waals surface area (Å²) in [5.41, 5.74) is -0.382. The van der Waals surface area contributed by atoms with Crippen molar-refractivity contribution < 1.29 is 13.3 Å². The van der Waals surface area contributed by atoms with Gasteiger partial charge in [-0.05, 0) is 12.8 Å². The maximum atomic E-state index is 12.2. The van der Waals surface area contributed by atoms with Crippen LogP contribution >= 0.6 is 22.9 Å². The fourth-order valence-corrected chi connectivity index (χ4v) is 4.98. The van der Waals surface area contributed by atoms with Crippen LogP contribution in [0.15, 0.2) is 10.3 Å². The minimum Gasteiger partial charge on any atom is -0.258 e. The van der Waals surface area contributed by atoms with E-state index < -0.39 is 14.9 Å². The smallest absolute Gasteiger partial charge is 0.258 e. The lowest BCUT2D eigenvalue weighted by Crippen LogP contribution is -2.37. The van der Waals surface area contributed by atoms with Crippen LogP contribution in [0.4, 0.5) is 5.69 Å². The SMILES string of the molecule is CCC(CC)C(C)NS(=O)(=O)c1cc([N+](=O)[O-])c(Cl)s1. The predicted octanol–water partition coefficient (Wildman–Crippen LogP) is 3.41. The first-order chi connectivity index (χ1) is 9.22. The van der Waals surface area contributed by atoms with Crippen LogP contribution in [0, 0.1) is 16.0 Å². The van der Waals surface area contributed by atoms with Gasteiger partial charge in [0.15, 0.2) is 4.34 Å². The van der Waals surface area contributed by atoms with Gasteiger partial charge in [-0.25, -0.2) is 13.1 Å². The molecule has 0 bridgehead atoms. The lowest BCUT2D eigenvalue weighted by molar-refractivity contribution is -0.384. The summed E-state index contributed by atoms with van der Waals surface area (Å²) in [7, 11) is -3.78. The molecule has 0 aliphatic rings. The van der Waals surface area contributed by atoms with Gasteiger partial charge in [-0.1, -0.05) is 38.3 Å². The summed E-state index contributed by atoms with van der Waals surface area (Å²) < 4.78 is 26.7. The highest BCUT2D eigenvalue weighted by molar-refractivity contribution is 7.91. The van der Waals surface area contributed by atoms with Crippen molar-refractivity contribution in [2.75, 3.05) is 0 Å². The van der Waals surface area contributed by atoms with E-state index in [1.54, 1.807) is 6.92 Å². The zero-order valence-corrected chi connectivity index (χ0v) is 13.8. The summed E-state index contributed by atoms with van der Waals surface area (Å²) in [5, 5.41) is 10.7. The molecule has 6 nitrogen and oxygen atoms in total. The Morgan fingerprint density at radius 2 is 2.00 bits per heavy atom. The molecule has 114 valence electrons. The van der Waals surface area contributed by atoms with Crippen LogP contribution in [-0.4, -0.2) is 19.4 Å². The van der Waals surface area contributed by atoms with Crippen molar-refractivity contribution in [3.63, 3.8) is 0 Å². The molecule has 1 heterocycles. The van der Waals surface area contributed by atoms with Crippen molar-refractivity contribution >= 4 is 38.6 Å². The molecule has 0 spiro atoms. The second kappa shape index (κ2) is 6.84. The van der Waals surface area contributed by atoms with E-state index in [0.717, 1.165) is 18.9 Å². The van der Waals surface area contributed by atoms with E-state index in [9.17, 15) is 18.5 Å². The van der Waals surface area contributed by atoms with Crippen LogP contribution in [0.25, 0.3) is 0 Å². The summed E-state index contributed by atoms with van der Waals surface area (Å²) >= 11 is 6.38. The third-order valence-electron chi connectivity index (χ3n) is 3.20. The number of nitrogens with one attached hydrogen (secondary N) is 1. The number of nitrogens with zero attached hydrogens (tertiary/aromatic N) is 1. The molecule has 0 aliphatic carbocycles. The molecule has 0 aliphatic heterocycles. The minimum absolute atomic E-state index is 0.132. The van der Waals surface area contributed by atoms with Gasteiger partial charge >= 0.3 is 0 Å². The lowest BCUT2D eigenvalue weighted by atomic mass is 9.96. The Labute approximate surface area is 127 Å². The molecular weight excluding hydrogens is 324 g/mol. The Bertz CT molecular complexity index is 581. The van der Waals surface area contributed by atoms with Crippen LogP contribution in [0.2, 0.25) is 4.34 Å². The van der Waals surface area contributed by atoms with E-state index in [1.165, 1.54) is 0 Å². The van der Waals surface area contributed by atoms with E-state index >= 15 is 0 Å². The summed E-state index contributed by atoms with van der Waals surface area (Å²) in [6.07, 6.45) is 1.71.